The summed E-state index contributed by atoms with van der Waals surface area (Å²) in [7, 11) is 0. The first-order valence-electron chi connectivity index (χ1n) is 6.82. The van der Waals surface area contributed by atoms with Gasteiger partial charge in [0.1, 0.15) is 5.75 Å². The minimum Gasteiger partial charge on any atom is -0.489 e. The lowest BCUT2D eigenvalue weighted by Gasteiger charge is -2.14. The van der Waals surface area contributed by atoms with Crippen molar-refractivity contribution in [2.45, 2.75) is 51.0 Å². The lowest BCUT2D eigenvalue weighted by Crippen LogP contribution is -2.11. The van der Waals surface area contributed by atoms with Gasteiger partial charge in [0.25, 0.3) is 0 Å². The highest BCUT2D eigenvalue weighted by Crippen LogP contribution is 2.30. The second kappa shape index (κ2) is 6.80. The van der Waals surface area contributed by atoms with Gasteiger partial charge in [-0.05, 0) is 56.2 Å². The van der Waals surface area contributed by atoms with E-state index in [1.807, 2.05) is 18.2 Å². The maximum Gasteiger partial charge on any atom is 0.303 e. The lowest BCUT2D eigenvalue weighted by atomic mass is 10.1. The van der Waals surface area contributed by atoms with Gasteiger partial charge in [-0.2, -0.15) is 0 Å². The number of halogens is 1. The molecule has 2 rings (SSSR count). The minimum atomic E-state index is -0.757. The van der Waals surface area contributed by atoms with Crippen LogP contribution in [0.25, 0.3) is 0 Å². The molecule has 0 aliphatic heterocycles. The summed E-state index contributed by atoms with van der Waals surface area (Å²) in [6, 6.07) is 5.75. The maximum atomic E-state index is 10.5. The van der Waals surface area contributed by atoms with Gasteiger partial charge >= 0.3 is 5.97 Å². The molecule has 0 aromatic heterocycles. The molecular formula is C15H19ClO3. The number of hydrogen-bond donors (Lipinski definition) is 1. The number of carboxylic acid groups (broad SMARTS) is 1. The molecule has 1 aromatic rings. The molecule has 0 amide bonds. The van der Waals surface area contributed by atoms with E-state index in [0.29, 0.717) is 17.5 Å². The van der Waals surface area contributed by atoms with E-state index in [9.17, 15) is 4.79 Å². The van der Waals surface area contributed by atoms with Crippen molar-refractivity contribution in [3.05, 3.63) is 28.8 Å². The van der Waals surface area contributed by atoms with Crippen molar-refractivity contribution >= 4 is 17.6 Å². The third-order valence-electron chi connectivity index (χ3n) is 3.45. The number of ether oxygens (including phenoxy) is 1. The third-order valence-corrected chi connectivity index (χ3v) is 3.74. The number of aryl methyl sites for hydroxylation is 1. The molecule has 1 aromatic carbocycles. The van der Waals surface area contributed by atoms with Gasteiger partial charge in [-0.15, -0.1) is 0 Å². The van der Waals surface area contributed by atoms with Crippen molar-refractivity contribution < 1.29 is 14.6 Å². The molecule has 0 bridgehead atoms. The zero-order valence-electron chi connectivity index (χ0n) is 10.9. The number of benzene rings is 1. The van der Waals surface area contributed by atoms with Crippen molar-refractivity contribution in [3.8, 4) is 5.75 Å². The van der Waals surface area contributed by atoms with Gasteiger partial charge in [0, 0.05) is 6.42 Å². The van der Waals surface area contributed by atoms with Gasteiger partial charge in [0.05, 0.1) is 11.1 Å². The first-order chi connectivity index (χ1) is 9.15. The SMILES string of the molecule is O=C(O)CCCc1ccc(OC2CCCC2)c(Cl)c1. The Bertz CT molecular complexity index is 439. The standard InChI is InChI=1S/C15H19ClO3/c16-13-10-11(4-3-7-15(17)18)8-9-14(13)19-12-5-1-2-6-12/h8-10,12H,1-7H2,(H,17,18). The predicted octanol–water partition coefficient (Wildman–Crippen LogP) is 4.07. The van der Waals surface area contributed by atoms with Crippen LogP contribution in [0.5, 0.6) is 5.75 Å². The fourth-order valence-corrected chi connectivity index (χ4v) is 2.67. The van der Waals surface area contributed by atoms with Gasteiger partial charge in [-0.1, -0.05) is 17.7 Å². The summed E-state index contributed by atoms with van der Waals surface area (Å²) >= 11 is 6.21. The lowest BCUT2D eigenvalue weighted by molar-refractivity contribution is -0.137. The number of carboxylic acids is 1. The molecule has 1 N–H and O–H groups in total. The molecule has 1 aliphatic carbocycles. The van der Waals surface area contributed by atoms with Crippen LogP contribution < -0.4 is 4.74 Å². The number of rotatable bonds is 6. The first-order valence-corrected chi connectivity index (χ1v) is 7.20. The Kier molecular flexibility index (Phi) is 5.08. The summed E-state index contributed by atoms with van der Waals surface area (Å²) in [5, 5.41) is 9.23. The smallest absolute Gasteiger partial charge is 0.303 e. The van der Waals surface area contributed by atoms with Crippen LogP contribution in [0.1, 0.15) is 44.1 Å². The zero-order valence-corrected chi connectivity index (χ0v) is 11.7. The van der Waals surface area contributed by atoms with Gasteiger partial charge in [0.15, 0.2) is 0 Å². The van der Waals surface area contributed by atoms with Crippen LogP contribution in [0, 0.1) is 0 Å². The van der Waals surface area contributed by atoms with Gasteiger partial charge in [-0.3, -0.25) is 4.79 Å². The van der Waals surface area contributed by atoms with Crippen LogP contribution in [0.15, 0.2) is 18.2 Å². The Labute approximate surface area is 118 Å². The Morgan fingerprint density at radius 1 is 1.37 bits per heavy atom. The molecule has 0 radical (unpaired) electrons. The molecule has 0 atom stereocenters. The highest BCUT2D eigenvalue weighted by molar-refractivity contribution is 6.32. The summed E-state index contributed by atoms with van der Waals surface area (Å²) in [6.45, 7) is 0. The number of aliphatic carboxylic acids is 1. The molecule has 0 spiro atoms. The van der Waals surface area contributed by atoms with Crippen LogP contribution in [0.2, 0.25) is 5.02 Å². The molecule has 1 aliphatic rings. The van der Waals surface area contributed by atoms with Crippen molar-refractivity contribution in [2.75, 3.05) is 0 Å². The van der Waals surface area contributed by atoms with Crippen molar-refractivity contribution in [1.82, 2.24) is 0 Å². The second-order valence-corrected chi connectivity index (χ2v) is 5.44. The molecule has 104 valence electrons. The van der Waals surface area contributed by atoms with E-state index in [2.05, 4.69) is 0 Å². The summed E-state index contributed by atoms with van der Waals surface area (Å²) in [5.41, 5.74) is 1.06. The van der Waals surface area contributed by atoms with Gasteiger partial charge in [0.2, 0.25) is 0 Å². The first kappa shape index (κ1) is 14.2. The third kappa shape index (κ3) is 4.43. The highest BCUT2D eigenvalue weighted by atomic mass is 35.5. The average Bonchev–Trinajstić information content (AvgIpc) is 2.85. The fourth-order valence-electron chi connectivity index (χ4n) is 2.42. The van der Waals surface area contributed by atoms with E-state index in [1.165, 1.54) is 12.8 Å². The Balaban J connectivity index is 1.90. The van der Waals surface area contributed by atoms with Crippen LogP contribution >= 0.6 is 11.6 Å². The average molecular weight is 283 g/mol. The zero-order chi connectivity index (χ0) is 13.7. The molecule has 3 nitrogen and oxygen atoms in total. The number of carbonyl (C=O) groups is 1. The van der Waals surface area contributed by atoms with Crippen molar-refractivity contribution in [1.29, 1.82) is 0 Å². The molecular weight excluding hydrogens is 264 g/mol. The summed E-state index contributed by atoms with van der Waals surface area (Å²) in [6.07, 6.45) is 6.54. The molecule has 1 fully saturated rings. The van der Waals surface area contributed by atoms with Crippen LogP contribution in [-0.4, -0.2) is 17.2 Å². The van der Waals surface area contributed by atoms with Gasteiger partial charge in [-0.25, -0.2) is 0 Å². The van der Waals surface area contributed by atoms with Crippen LogP contribution in [0.3, 0.4) is 0 Å². The topological polar surface area (TPSA) is 46.5 Å². The Hall–Kier alpha value is -1.22. The monoisotopic (exact) mass is 282 g/mol. The normalized spacial score (nSPS) is 15.6. The van der Waals surface area contributed by atoms with E-state index >= 15 is 0 Å². The van der Waals surface area contributed by atoms with Gasteiger partial charge < -0.3 is 9.84 Å². The van der Waals surface area contributed by atoms with Crippen LogP contribution in [0.4, 0.5) is 0 Å². The molecule has 1 saturated carbocycles. The van der Waals surface area contributed by atoms with Crippen molar-refractivity contribution in [3.63, 3.8) is 0 Å². The minimum absolute atomic E-state index is 0.192. The largest absolute Gasteiger partial charge is 0.489 e. The van der Waals surface area contributed by atoms with E-state index < -0.39 is 5.97 Å². The number of hydrogen-bond acceptors (Lipinski definition) is 2. The van der Waals surface area contributed by atoms with Crippen molar-refractivity contribution in [2.24, 2.45) is 0 Å². The molecule has 19 heavy (non-hydrogen) atoms. The molecule has 0 heterocycles. The molecule has 4 heteroatoms. The highest BCUT2D eigenvalue weighted by Gasteiger charge is 2.17. The van der Waals surface area contributed by atoms with E-state index in [-0.39, 0.29) is 6.42 Å². The quantitative estimate of drug-likeness (QED) is 0.855. The van der Waals surface area contributed by atoms with E-state index in [1.54, 1.807) is 0 Å². The second-order valence-electron chi connectivity index (χ2n) is 5.04. The van der Waals surface area contributed by atoms with E-state index in [4.69, 9.17) is 21.4 Å². The fraction of sp³-hybridized carbons (Fsp3) is 0.533. The molecule has 0 saturated heterocycles. The maximum absolute atomic E-state index is 10.5. The Morgan fingerprint density at radius 2 is 2.11 bits per heavy atom. The van der Waals surface area contributed by atoms with E-state index in [0.717, 1.165) is 30.6 Å². The van der Waals surface area contributed by atoms with Crippen LogP contribution in [-0.2, 0) is 11.2 Å². The predicted molar refractivity (Wildman–Crippen MR) is 74.9 cm³/mol. The molecule has 0 unspecified atom stereocenters. The Morgan fingerprint density at radius 3 is 2.74 bits per heavy atom. The summed E-state index contributed by atoms with van der Waals surface area (Å²) < 4.78 is 5.88. The summed E-state index contributed by atoms with van der Waals surface area (Å²) in [4.78, 5) is 10.5. The summed E-state index contributed by atoms with van der Waals surface area (Å²) in [5.74, 6) is -0.0113.